The van der Waals surface area contributed by atoms with E-state index in [2.05, 4.69) is 4.98 Å². The zero-order chi connectivity index (χ0) is 17.5. The molecule has 0 atom stereocenters. The highest BCUT2D eigenvalue weighted by molar-refractivity contribution is 5.65. The second-order valence-corrected chi connectivity index (χ2v) is 6.05. The van der Waals surface area contributed by atoms with E-state index in [1.54, 1.807) is 6.08 Å². The number of allylic oxidation sites excluding steroid dienone is 1. The van der Waals surface area contributed by atoms with Gasteiger partial charge in [0, 0.05) is 19.9 Å². The highest BCUT2D eigenvalue weighted by atomic mass is 16.7. The van der Waals surface area contributed by atoms with E-state index in [0.717, 1.165) is 22.3 Å². The normalized spacial score (nSPS) is 15.3. The molecule has 5 heteroatoms. The summed E-state index contributed by atoms with van der Waals surface area (Å²) in [5.74, 6) is -0.875. The van der Waals surface area contributed by atoms with E-state index in [1.807, 2.05) is 38.1 Å². The Labute approximate surface area is 140 Å². The molecule has 2 aromatic rings. The molecule has 126 valence electrons. The third kappa shape index (κ3) is 2.46. The molecule has 2 N–H and O–H groups in total. The van der Waals surface area contributed by atoms with Gasteiger partial charge in [-0.3, -0.25) is 4.79 Å². The van der Waals surface area contributed by atoms with Crippen molar-refractivity contribution in [2.75, 3.05) is 14.2 Å². The number of fused-ring (bicyclic) bond motifs is 1. The van der Waals surface area contributed by atoms with Crippen molar-refractivity contribution in [3.05, 3.63) is 63.0 Å². The fraction of sp³-hybridized carbons (Fsp3) is 0.316. The number of aromatic hydroxyl groups is 1. The van der Waals surface area contributed by atoms with E-state index in [0.29, 0.717) is 17.7 Å². The number of hydrogen-bond acceptors (Lipinski definition) is 4. The van der Waals surface area contributed by atoms with Crippen molar-refractivity contribution in [1.29, 1.82) is 0 Å². The third-order valence-electron chi connectivity index (χ3n) is 4.55. The first-order valence-electron chi connectivity index (χ1n) is 7.77. The van der Waals surface area contributed by atoms with Crippen LogP contribution in [-0.4, -0.2) is 24.3 Å². The molecular weight excluding hydrogens is 306 g/mol. The lowest BCUT2D eigenvalue weighted by atomic mass is 9.91. The van der Waals surface area contributed by atoms with Gasteiger partial charge >= 0.3 is 0 Å². The van der Waals surface area contributed by atoms with Gasteiger partial charge in [-0.15, -0.1) is 0 Å². The summed E-state index contributed by atoms with van der Waals surface area (Å²) in [7, 11) is 3.03. The molecule has 0 bridgehead atoms. The van der Waals surface area contributed by atoms with Crippen LogP contribution in [0, 0.1) is 13.8 Å². The predicted octanol–water partition coefficient (Wildman–Crippen LogP) is 2.92. The maximum Gasteiger partial charge on any atom is 0.257 e. The molecule has 1 aliphatic carbocycles. The van der Waals surface area contributed by atoms with Crippen LogP contribution in [-0.2, 0) is 21.7 Å². The van der Waals surface area contributed by atoms with Gasteiger partial charge in [-0.1, -0.05) is 6.08 Å². The number of rotatable bonds is 3. The van der Waals surface area contributed by atoms with Crippen LogP contribution in [0.15, 0.2) is 35.1 Å². The van der Waals surface area contributed by atoms with E-state index in [1.165, 1.54) is 14.2 Å². The van der Waals surface area contributed by atoms with E-state index in [-0.39, 0.29) is 11.3 Å². The molecular formula is C19H21NO4. The fourth-order valence-corrected chi connectivity index (χ4v) is 3.27. The molecule has 0 fully saturated rings. The van der Waals surface area contributed by atoms with E-state index in [4.69, 9.17) is 9.47 Å². The number of phenolic OH excluding ortho intramolecular Hbond substituents is 1. The minimum Gasteiger partial charge on any atom is -0.507 e. The van der Waals surface area contributed by atoms with Crippen LogP contribution < -0.4 is 5.56 Å². The van der Waals surface area contributed by atoms with Gasteiger partial charge in [-0.25, -0.2) is 0 Å². The molecule has 1 aromatic carbocycles. The van der Waals surface area contributed by atoms with Crippen molar-refractivity contribution in [3.8, 4) is 17.0 Å². The van der Waals surface area contributed by atoms with Gasteiger partial charge in [-0.05, 0) is 66.8 Å². The third-order valence-corrected chi connectivity index (χ3v) is 4.55. The Bertz CT molecular complexity index is 852. The molecule has 1 aliphatic rings. The molecule has 0 amide bonds. The Hall–Kier alpha value is -2.37. The predicted molar refractivity (Wildman–Crippen MR) is 92.2 cm³/mol. The number of methoxy groups -OCH3 is 2. The minimum atomic E-state index is -1.15. The summed E-state index contributed by atoms with van der Waals surface area (Å²) in [5, 5.41) is 9.94. The second kappa shape index (κ2) is 5.92. The average molecular weight is 327 g/mol. The molecule has 0 spiro atoms. The lowest BCUT2D eigenvalue weighted by Crippen LogP contribution is -2.38. The summed E-state index contributed by atoms with van der Waals surface area (Å²) in [6.07, 6.45) is 4.34. The number of hydrogen-bond donors (Lipinski definition) is 2. The summed E-state index contributed by atoms with van der Waals surface area (Å²) >= 11 is 0. The fourth-order valence-electron chi connectivity index (χ4n) is 3.27. The van der Waals surface area contributed by atoms with Crippen molar-refractivity contribution in [3.63, 3.8) is 0 Å². The number of pyridine rings is 1. The van der Waals surface area contributed by atoms with E-state index in [9.17, 15) is 9.90 Å². The summed E-state index contributed by atoms with van der Waals surface area (Å²) in [5.41, 5.74) is 4.21. The number of ether oxygens (including phenoxy) is 2. The molecule has 24 heavy (non-hydrogen) atoms. The highest BCUT2D eigenvalue weighted by Crippen LogP contribution is 2.34. The van der Waals surface area contributed by atoms with Crippen LogP contribution in [0.3, 0.4) is 0 Å². The average Bonchev–Trinajstić information content (AvgIpc) is 2.58. The number of aromatic amines is 1. The van der Waals surface area contributed by atoms with Gasteiger partial charge in [0.25, 0.3) is 5.56 Å². The Kier molecular flexibility index (Phi) is 4.07. The van der Waals surface area contributed by atoms with Crippen molar-refractivity contribution in [2.45, 2.75) is 26.1 Å². The van der Waals surface area contributed by atoms with Crippen LogP contribution in [0.1, 0.15) is 22.3 Å². The van der Waals surface area contributed by atoms with Crippen LogP contribution >= 0.6 is 0 Å². The molecule has 1 heterocycles. The largest absolute Gasteiger partial charge is 0.507 e. The quantitative estimate of drug-likeness (QED) is 0.672. The maximum absolute atomic E-state index is 12.7. The van der Waals surface area contributed by atoms with Gasteiger partial charge in [0.1, 0.15) is 5.75 Å². The minimum absolute atomic E-state index is 0.237. The van der Waals surface area contributed by atoms with Crippen LogP contribution in [0.2, 0.25) is 0 Å². The number of phenols is 1. The smallest absolute Gasteiger partial charge is 0.257 e. The first kappa shape index (κ1) is 16.5. The van der Waals surface area contributed by atoms with Crippen molar-refractivity contribution >= 4 is 0 Å². The topological polar surface area (TPSA) is 71.5 Å². The summed E-state index contributed by atoms with van der Waals surface area (Å²) in [6.45, 7) is 3.68. The Balaban J connectivity index is 2.20. The lowest BCUT2D eigenvalue weighted by Gasteiger charge is -2.31. The number of nitrogens with one attached hydrogen (secondary N) is 1. The molecule has 5 nitrogen and oxygen atoms in total. The molecule has 0 saturated carbocycles. The van der Waals surface area contributed by atoms with Crippen molar-refractivity contribution in [1.82, 2.24) is 4.98 Å². The standard InChI is InChI=1S/C19H21NO4/c1-11-8-14(9-12(2)17(11)21)15-10-13-6-5-7-19(23-3,24-4)16(13)18(22)20-15/h5,7-10,21H,6H2,1-4H3,(H,20,22). The van der Waals surface area contributed by atoms with Gasteiger partial charge in [0.15, 0.2) is 0 Å². The number of aromatic nitrogens is 1. The maximum atomic E-state index is 12.7. The van der Waals surface area contributed by atoms with Crippen LogP contribution in [0.5, 0.6) is 5.75 Å². The Morgan fingerprint density at radius 1 is 1.12 bits per heavy atom. The Morgan fingerprint density at radius 2 is 1.75 bits per heavy atom. The highest BCUT2D eigenvalue weighted by Gasteiger charge is 2.36. The number of benzene rings is 1. The van der Waals surface area contributed by atoms with Crippen molar-refractivity contribution < 1.29 is 14.6 Å². The lowest BCUT2D eigenvalue weighted by molar-refractivity contribution is -0.180. The van der Waals surface area contributed by atoms with Gasteiger partial charge in [0.2, 0.25) is 5.79 Å². The summed E-state index contributed by atoms with van der Waals surface area (Å²) in [4.78, 5) is 15.6. The molecule has 0 saturated heterocycles. The van der Waals surface area contributed by atoms with Gasteiger partial charge in [0.05, 0.1) is 5.56 Å². The SMILES string of the molecule is COC1(OC)C=CCc2cc(-c3cc(C)c(O)c(C)c3)[nH]c(=O)c21. The van der Waals surface area contributed by atoms with E-state index < -0.39 is 5.79 Å². The number of H-pyrrole nitrogens is 1. The molecule has 3 rings (SSSR count). The zero-order valence-electron chi connectivity index (χ0n) is 14.3. The first-order chi connectivity index (χ1) is 11.4. The molecule has 0 radical (unpaired) electrons. The van der Waals surface area contributed by atoms with Gasteiger partial charge in [-0.2, -0.15) is 0 Å². The van der Waals surface area contributed by atoms with Gasteiger partial charge < -0.3 is 19.6 Å². The zero-order valence-corrected chi connectivity index (χ0v) is 14.3. The molecule has 0 unspecified atom stereocenters. The Morgan fingerprint density at radius 3 is 2.33 bits per heavy atom. The first-order valence-corrected chi connectivity index (χ1v) is 7.77. The monoisotopic (exact) mass is 327 g/mol. The number of aryl methyl sites for hydroxylation is 2. The van der Waals surface area contributed by atoms with E-state index >= 15 is 0 Å². The molecule has 1 aromatic heterocycles. The summed E-state index contributed by atoms with van der Waals surface area (Å²) in [6, 6.07) is 5.66. The van der Waals surface area contributed by atoms with Crippen LogP contribution in [0.25, 0.3) is 11.3 Å². The summed E-state index contributed by atoms with van der Waals surface area (Å²) < 4.78 is 10.9. The van der Waals surface area contributed by atoms with Crippen molar-refractivity contribution in [2.24, 2.45) is 0 Å². The molecule has 0 aliphatic heterocycles. The van der Waals surface area contributed by atoms with Crippen LogP contribution in [0.4, 0.5) is 0 Å². The second-order valence-electron chi connectivity index (χ2n) is 6.05.